The highest BCUT2D eigenvalue weighted by Crippen LogP contribution is 2.41. The molecule has 0 saturated carbocycles. The minimum absolute atomic E-state index is 0.0581. The molecule has 9 heteroatoms. The summed E-state index contributed by atoms with van der Waals surface area (Å²) in [6.07, 6.45) is 6.97. The Balaban J connectivity index is 1.56. The molecule has 1 N–H and O–H groups in total. The van der Waals surface area contributed by atoms with Gasteiger partial charge in [-0.15, -0.1) is 0 Å². The lowest BCUT2D eigenvalue weighted by Crippen LogP contribution is -2.45. The highest BCUT2D eigenvalue weighted by atomic mass is 16.5. The molecule has 230 valence electrons. The van der Waals surface area contributed by atoms with Crippen molar-refractivity contribution in [3.63, 3.8) is 0 Å². The molecular formula is C33H49N4O5+. The van der Waals surface area contributed by atoms with Crippen LogP contribution in [0.5, 0.6) is 5.75 Å². The second-order valence-electron chi connectivity index (χ2n) is 12.9. The maximum atomic E-state index is 13.8. The van der Waals surface area contributed by atoms with Crippen molar-refractivity contribution in [1.82, 2.24) is 14.4 Å². The summed E-state index contributed by atoms with van der Waals surface area (Å²) in [7, 11) is 6.54. The SMILES string of the molecule is CCCCN(CCCC[N+](C)(C)C)C(=O)CN1CC(c2ccc3c(c2)CCO3)C(C(=O)O)C1CCn1ccccc1=O. The van der Waals surface area contributed by atoms with E-state index in [0.29, 0.717) is 39.2 Å². The molecule has 3 atom stereocenters. The maximum Gasteiger partial charge on any atom is 0.308 e. The van der Waals surface area contributed by atoms with Crippen molar-refractivity contribution in [2.75, 3.05) is 60.5 Å². The van der Waals surface area contributed by atoms with Crippen molar-refractivity contribution in [1.29, 1.82) is 0 Å². The lowest BCUT2D eigenvalue weighted by atomic mass is 9.83. The first-order valence-corrected chi connectivity index (χ1v) is 15.5. The van der Waals surface area contributed by atoms with Crippen LogP contribution in [0.2, 0.25) is 0 Å². The first-order valence-electron chi connectivity index (χ1n) is 15.5. The first-order chi connectivity index (χ1) is 20.1. The number of aryl methyl sites for hydroxylation is 1. The number of unbranched alkanes of at least 4 members (excludes halogenated alkanes) is 2. The Morgan fingerprint density at radius 1 is 1.10 bits per heavy atom. The highest BCUT2D eigenvalue weighted by Gasteiger charge is 2.47. The summed E-state index contributed by atoms with van der Waals surface area (Å²) in [5.74, 6) is -0.881. The zero-order chi connectivity index (χ0) is 30.3. The van der Waals surface area contributed by atoms with Crippen LogP contribution >= 0.6 is 0 Å². The van der Waals surface area contributed by atoms with Gasteiger partial charge in [-0.25, -0.2) is 0 Å². The molecule has 0 spiro atoms. The predicted molar refractivity (Wildman–Crippen MR) is 164 cm³/mol. The molecule has 9 nitrogen and oxygen atoms in total. The number of rotatable bonds is 15. The van der Waals surface area contributed by atoms with Crippen LogP contribution in [0.25, 0.3) is 0 Å². The fourth-order valence-corrected chi connectivity index (χ4v) is 6.42. The van der Waals surface area contributed by atoms with Crippen molar-refractivity contribution in [2.24, 2.45) is 5.92 Å². The van der Waals surface area contributed by atoms with E-state index in [2.05, 4.69) is 39.0 Å². The molecule has 4 rings (SSSR count). The smallest absolute Gasteiger partial charge is 0.308 e. The third kappa shape index (κ3) is 8.22. The number of ether oxygens (including phenoxy) is 1. The van der Waals surface area contributed by atoms with Crippen LogP contribution in [-0.4, -0.2) is 102 Å². The Hall–Kier alpha value is -3.17. The number of carbonyl (C=O) groups is 2. The molecule has 3 heterocycles. The number of likely N-dealkylation sites (tertiary alicyclic amines) is 1. The third-order valence-electron chi connectivity index (χ3n) is 8.72. The van der Waals surface area contributed by atoms with E-state index >= 15 is 0 Å². The second kappa shape index (κ2) is 14.3. The van der Waals surface area contributed by atoms with Gasteiger partial charge >= 0.3 is 5.97 Å². The van der Waals surface area contributed by atoms with E-state index in [1.165, 1.54) is 6.07 Å². The number of carbonyl (C=O) groups excluding carboxylic acids is 1. The number of benzene rings is 1. The molecule has 42 heavy (non-hydrogen) atoms. The van der Waals surface area contributed by atoms with Crippen LogP contribution in [0.1, 0.15) is 56.1 Å². The molecule has 1 amide bonds. The third-order valence-corrected chi connectivity index (χ3v) is 8.72. The summed E-state index contributed by atoms with van der Waals surface area (Å²) < 4.78 is 8.21. The number of aliphatic carboxylic acids is 1. The first kappa shape index (κ1) is 31.8. The highest BCUT2D eigenvalue weighted by molar-refractivity contribution is 5.79. The largest absolute Gasteiger partial charge is 0.493 e. The number of aromatic nitrogens is 1. The van der Waals surface area contributed by atoms with Crippen LogP contribution in [0.15, 0.2) is 47.4 Å². The average Bonchev–Trinajstić information content (AvgIpc) is 3.55. The molecule has 2 aliphatic rings. The fraction of sp³-hybridized carbons (Fsp3) is 0.606. The summed E-state index contributed by atoms with van der Waals surface area (Å²) in [5, 5.41) is 10.5. The van der Waals surface area contributed by atoms with Gasteiger partial charge < -0.3 is 23.8 Å². The predicted octanol–water partition coefficient (Wildman–Crippen LogP) is 3.46. The standard InChI is InChI=1S/C33H48N4O5/c1-5-6-16-34(18-9-10-20-37(2,3)4)31(39)24-36-23-27(25-12-13-29-26(22-25)15-21-42-29)32(33(40)41)28(36)14-19-35-17-8-7-11-30(35)38/h7-8,11-13,17,22,27-28,32H,5-6,9-10,14-16,18-21,23-24H2,1-4H3/p+1. The molecule has 0 radical (unpaired) electrons. The summed E-state index contributed by atoms with van der Waals surface area (Å²) in [6.45, 7) is 6.32. The lowest BCUT2D eigenvalue weighted by molar-refractivity contribution is -0.870. The molecule has 3 unspecified atom stereocenters. The Morgan fingerprint density at radius 2 is 1.88 bits per heavy atom. The summed E-state index contributed by atoms with van der Waals surface area (Å²) in [4.78, 5) is 43.1. The number of pyridine rings is 1. The van der Waals surface area contributed by atoms with Crippen LogP contribution in [0, 0.1) is 5.92 Å². The maximum absolute atomic E-state index is 13.8. The molecule has 1 saturated heterocycles. The lowest BCUT2D eigenvalue weighted by Gasteiger charge is -2.30. The van der Waals surface area contributed by atoms with E-state index in [9.17, 15) is 19.5 Å². The molecule has 1 aromatic heterocycles. The minimum atomic E-state index is -0.861. The molecule has 2 aromatic rings. The molecule has 1 fully saturated rings. The topological polar surface area (TPSA) is 92.1 Å². The zero-order valence-corrected chi connectivity index (χ0v) is 25.8. The number of hydrogen-bond acceptors (Lipinski definition) is 5. The number of carboxylic acids is 1. The van der Waals surface area contributed by atoms with Gasteiger partial charge in [-0.05, 0) is 48.9 Å². The summed E-state index contributed by atoms with van der Waals surface area (Å²) in [5.41, 5.74) is 1.98. The van der Waals surface area contributed by atoms with Crippen LogP contribution in [0.3, 0.4) is 0 Å². The Bertz CT molecular complexity index is 1270. The van der Waals surface area contributed by atoms with Crippen molar-refractivity contribution >= 4 is 11.9 Å². The van der Waals surface area contributed by atoms with Crippen molar-refractivity contribution < 1.29 is 23.9 Å². The molecule has 1 aromatic carbocycles. The number of amides is 1. The monoisotopic (exact) mass is 581 g/mol. The molecule has 2 aliphatic heterocycles. The van der Waals surface area contributed by atoms with E-state index in [4.69, 9.17) is 4.74 Å². The van der Waals surface area contributed by atoms with Crippen LogP contribution < -0.4 is 10.3 Å². The number of carboxylic acid groups (broad SMARTS) is 1. The van der Waals surface area contributed by atoms with Gasteiger partial charge in [0.25, 0.3) is 0 Å². The normalized spacial score (nSPS) is 20.3. The summed E-state index contributed by atoms with van der Waals surface area (Å²) >= 11 is 0. The van der Waals surface area contributed by atoms with Crippen molar-refractivity contribution in [3.05, 3.63) is 64.1 Å². The van der Waals surface area contributed by atoms with Crippen LogP contribution in [-0.2, 0) is 22.6 Å². The van der Waals surface area contributed by atoms with Crippen molar-refractivity contribution in [2.45, 2.75) is 64.0 Å². The van der Waals surface area contributed by atoms with Gasteiger partial charge in [0, 0.05) is 56.8 Å². The Kier molecular flexibility index (Phi) is 10.8. The van der Waals surface area contributed by atoms with Gasteiger partial charge in [-0.1, -0.05) is 31.5 Å². The zero-order valence-electron chi connectivity index (χ0n) is 25.8. The van der Waals surface area contributed by atoms with Gasteiger partial charge in [0.2, 0.25) is 11.5 Å². The number of fused-ring (bicyclic) bond motifs is 1. The number of hydrogen-bond donors (Lipinski definition) is 1. The van der Waals surface area contributed by atoms with E-state index in [-0.39, 0.29) is 30.0 Å². The second-order valence-corrected chi connectivity index (χ2v) is 12.9. The number of nitrogens with zero attached hydrogens (tertiary/aromatic N) is 4. The number of quaternary nitrogens is 1. The van der Waals surface area contributed by atoms with Gasteiger partial charge in [0.15, 0.2) is 0 Å². The van der Waals surface area contributed by atoms with Gasteiger partial charge in [-0.2, -0.15) is 0 Å². The van der Waals surface area contributed by atoms with Crippen molar-refractivity contribution in [3.8, 4) is 5.75 Å². The van der Waals surface area contributed by atoms with E-state index in [1.54, 1.807) is 16.8 Å². The van der Waals surface area contributed by atoms with E-state index in [0.717, 1.165) is 60.0 Å². The Labute approximate surface area is 250 Å². The minimum Gasteiger partial charge on any atom is -0.493 e. The van der Waals surface area contributed by atoms with Crippen LogP contribution in [0.4, 0.5) is 0 Å². The van der Waals surface area contributed by atoms with E-state index in [1.807, 2.05) is 23.1 Å². The average molecular weight is 582 g/mol. The fourth-order valence-electron chi connectivity index (χ4n) is 6.42. The van der Waals surface area contributed by atoms with Gasteiger partial charge in [-0.3, -0.25) is 19.3 Å². The quantitative estimate of drug-likeness (QED) is 0.256. The molecule has 0 bridgehead atoms. The molecule has 0 aliphatic carbocycles. The summed E-state index contributed by atoms with van der Waals surface area (Å²) in [6, 6.07) is 10.7. The van der Waals surface area contributed by atoms with Gasteiger partial charge in [0.05, 0.1) is 46.8 Å². The van der Waals surface area contributed by atoms with Gasteiger partial charge in [0.1, 0.15) is 5.75 Å². The Morgan fingerprint density at radius 3 is 2.60 bits per heavy atom. The van der Waals surface area contributed by atoms with E-state index < -0.39 is 11.9 Å². The molecular weight excluding hydrogens is 532 g/mol.